The lowest BCUT2D eigenvalue weighted by Crippen LogP contribution is -2.28. The first-order chi connectivity index (χ1) is 12.0. The quantitative estimate of drug-likeness (QED) is 0.796. The third kappa shape index (κ3) is 3.58. The van der Waals surface area contributed by atoms with Crippen LogP contribution < -0.4 is 5.73 Å². The molecule has 0 aromatic carbocycles. The van der Waals surface area contributed by atoms with Gasteiger partial charge in [-0.1, -0.05) is 13.8 Å². The van der Waals surface area contributed by atoms with E-state index >= 15 is 0 Å². The molecule has 0 bridgehead atoms. The smallest absolute Gasteiger partial charge is 0.125 e. The monoisotopic (exact) mass is 358 g/mol. The molecule has 2 heterocycles. The van der Waals surface area contributed by atoms with Crippen molar-refractivity contribution < 1.29 is 9.84 Å². The zero-order valence-corrected chi connectivity index (χ0v) is 15.3. The number of aliphatic hydroxyl groups is 1. The van der Waals surface area contributed by atoms with Crippen molar-refractivity contribution in [3.8, 4) is 16.6 Å². The molecule has 3 rings (SSSR count). The Morgan fingerprint density at radius 1 is 1.52 bits per heavy atom. The predicted octanol–water partition coefficient (Wildman–Crippen LogP) is 2.56. The van der Waals surface area contributed by atoms with Crippen LogP contribution in [0.15, 0.2) is 11.6 Å². The van der Waals surface area contributed by atoms with Crippen molar-refractivity contribution in [2.24, 2.45) is 11.1 Å². The van der Waals surface area contributed by atoms with E-state index < -0.39 is 6.10 Å². The van der Waals surface area contributed by atoms with Crippen molar-refractivity contribution >= 4 is 11.3 Å². The van der Waals surface area contributed by atoms with Gasteiger partial charge in [0.1, 0.15) is 11.1 Å². The number of aliphatic hydroxyl groups excluding tert-OH is 1. The first-order valence-corrected chi connectivity index (χ1v) is 9.16. The van der Waals surface area contributed by atoms with E-state index in [1.54, 1.807) is 6.20 Å². The Labute approximate surface area is 151 Å². The molecule has 6 nitrogen and oxygen atoms in total. The molecule has 0 saturated heterocycles. The van der Waals surface area contributed by atoms with Crippen molar-refractivity contribution in [2.45, 2.75) is 39.4 Å². The van der Waals surface area contributed by atoms with Gasteiger partial charge in [-0.05, 0) is 18.3 Å². The van der Waals surface area contributed by atoms with Gasteiger partial charge < -0.3 is 15.6 Å². The summed E-state index contributed by atoms with van der Waals surface area (Å²) in [6.45, 7) is 5.28. The SMILES string of the molecule is CC1(C)Cc2nc(COCCN)c(C#N)c(-c3nccs3)c2C(O)C1. The van der Waals surface area contributed by atoms with Crippen LogP contribution in [0.25, 0.3) is 10.6 Å². The average molecular weight is 358 g/mol. The fourth-order valence-corrected chi connectivity index (χ4v) is 4.10. The molecule has 1 unspecified atom stereocenters. The highest BCUT2D eigenvalue weighted by Gasteiger charge is 2.36. The van der Waals surface area contributed by atoms with E-state index in [0.29, 0.717) is 36.4 Å². The molecule has 1 aliphatic carbocycles. The highest BCUT2D eigenvalue weighted by atomic mass is 32.1. The minimum atomic E-state index is -0.656. The van der Waals surface area contributed by atoms with Crippen LogP contribution in [-0.2, 0) is 17.8 Å². The normalized spacial score (nSPS) is 18.6. The van der Waals surface area contributed by atoms with Gasteiger partial charge in [0, 0.05) is 34.9 Å². The number of nitrogens with zero attached hydrogens (tertiary/aromatic N) is 3. The lowest BCUT2D eigenvalue weighted by atomic mass is 9.73. The van der Waals surface area contributed by atoms with Gasteiger partial charge in [0.25, 0.3) is 0 Å². The summed E-state index contributed by atoms with van der Waals surface area (Å²) >= 11 is 1.46. The zero-order chi connectivity index (χ0) is 18.0. The van der Waals surface area contributed by atoms with Gasteiger partial charge in [-0.2, -0.15) is 5.26 Å². The Balaban J connectivity index is 2.20. The molecule has 0 spiro atoms. The Kier molecular flexibility index (Phi) is 5.16. The first kappa shape index (κ1) is 18.0. The Bertz CT molecular complexity index is 796. The summed E-state index contributed by atoms with van der Waals surface area (Å²) in [5, 5.41) is 23.2. The average Bonchev–Trinajstić information content (AvgIpc) is 3.06. The van der Waals surface area contributed by atoms with Gasteiger partial charge in [-0.15, -0.1) is 11.3 Å². The van der Waals surface area contributed by atoms with Crippen LogP contribution in [0.5, 0.6) is 0 Å². The van der Waals surface area contributed by atoms with Crippen LogP contribution in [0, 0.1) is 16.7 Å². The number of thiazole rings is 1. The van der Waals surface area contributed by atoms with E-state index in [9.17, 15) is 10.4 Å². The number of aromatic nitrogens is 2. The first-order valence-electron chi connectivity index (χ1n) is 8.28. The third-order valence-electron chi connectivity index (χ3n) is 4.37. The van der Waals surface area contributed by atoms with Crippen LogP contribution in [0.1, 0.15) is 48.9 Å². The van der Waals surface area contributed by atoms with Crippen molar-refractivity contribution in [2.75, 3.05) is 13.2 Å². The molecule has 2 aromatic heterocycles. The Morgan fingerprint density at radius 3 is 2.96 bits per heavy atom. The van der Waals surface area contributed by atoms with Crippen molar-refractivity contribution in [3.63, 3.8) is 0 Å². The van der Waals surface area contributed by atoms with E-state index in [2.05, 4.69) is 24.9 Å². The van der Waals surface area contributed by atoms with E-state index in [4.69, 9.17) is 15.5 Å². The Hall–Kier alpha value is -1.85. The standard InChI is InChI=1S/C18H22N4O2S/c1-18(2)7-12-16(14(23)8-18)15(17-21-4-6-25-17)11(9-20)13(22-12)10-24-5-3-19/h4,6,14,23H,3,5,7-8,10,19H2,1-2H3. The number of hydrogen-bond acceptors (Lipinski definition) is 7. The highest BCUT2D eigenvalue weighted by Crippen LogP contribution is 2.45. The number of nitrogens with two attached hydrogens (primary N) is 1. The summed E-state index contributed by atoms with van der Waals surface area (Å²) in [7, 11) is 0. The minimum absolute atomic E-state index is 0.0525. The number of hydrogen-bond donors (Lipinski definition) is 2. The van der Waals surface area contributed by atoms with Crippen LogP contribution in [-0.4, -0.2) is 28.2 Å². The molecule has 1 atom stereocenters. The summed E-state index contributed by atoms with van der Waals surface area (Å²) in [6.07, 6.45) is 2.43. The molecule has 7 heteroatoms. The largest absolute Gasteiger partial charge is 0.388 e. The molecule has 2 aromatic rings. The number of nitriles is 1. The second-order valence-corrected chi connectivity index (χ2v) is 7.91. The summed E-state index contributed by atoms with van der Waals surface area (Å²) in [4.78, 5) is 9.08. The van der Waals surface area contributed by atoms with Crippen LogP contribution in [0.4, 0.5) is 0 Å². The van der Waals surface area contributed by atoms with E-state index in [1.807, 2.05) is 5.38 Å². The molecule has 0 saturated carbocycles. The molecular weight excluding hydrogens is 336 g/mol. The topological polar surface area (TPSA) is 105 Å². The molecule has 132 valence electrons. The summed E-state index contributed by atoms with van der Waals surface area (Å²) in [5.74, 6) is 0. The van der Waals surface area contributed by atoms with Crippen LogP contribution in [0.3, 0.4) is 0 Å². The maximum Gasteiger partial charge on any atom is 0.125 e. The number of ether oxygens (including phenoxy) is 1. The predicted molar refractivity (Wildman–Crippen MR) is 95.8 cm³/mol. The lowest BCUT2D eigenvalue weighted by molar-refractivity contribution is 0.0973. The fraction of sp³-hybridized carbons (Fsp3) is 0.500. The molecule has 0 radical (unpaired) electrons. The lowest BCUT2D eigenvalue weighted by Gasteiger charge is -2.35. The second kappa shape index (κ2) is 7.18. The fourth-order valence-electron chi connectivity index (χ4n) is 3.39. The summed E-state index contributed by atoms with van der Waals surface area (Å²) < 4.78 is 5.54. The summed E-state index contributed by atoms with van der Waals surface area (Å²) in [5.41, 5.74) is 8.74. The maximum absolute atomic E-state index is 10.8. The molecular formula is C18H22N4O2S. The number of fused-ring (bicyclic) bond motifs is 1. The second-order valence-electron chi connectivity index (χ2n) is 7.02. The van der Waals surface area contributed by atoms with Gasteiger partial charge in [-0.25, -0.2) is 4.98 Å². The van der Waals surface area contributed by atoms with E-state index in [-0.39, 0.29) is 12.0 Å². The van der Waals surface area contributed by atoms with Crippen LogP contribution >= 0.6 is 11.3 Å². The molecule has 1 aliphatic rings. The van der Waals surface area contributed by atoms with E-state index in [0.717, 1.165) is 22.7 Å². The number of rotatable bonds is 5. The molecule has 3 N–H and O–H groups in total. The van der Waals surface area contributed by atoms with Gasteiger partial charge >= 0.3 is 0 Å². The van der Waals surface area contributed by atoms with Crippen LogP contribution in [0.2, 0.25) is 0 Å². The number of pyridine rings is 1. The minimum Gasteiger partial charge on any atom is -0.388 e. The molecule has 25 heavy (non-hydrogen) atoms. The Morgan fingerprint density at radius 2 is 2.32 bits per heavy atom. The molecule has 0 fully saturated rings. The van der Waals surface area contributed by atoms with Gasteiger partial charge in [0.15, 0.2) is 0 Å². The van der Waals surface area contributed by atoms with Crippen molar-refractivity contribution in [3.05, 3.63) is 34.1 Å². The molecule has 0 amide bonds. The van der Waals surface area contributed by atoms with Gasteiger partial charge in [0.2, 0.25) is 0 Å². The van der Waals surface area contributed by atoms with E-state index in [1.165, 1.54) is 11.3 Å². The molecule has 0 aliphatic heterocycles. The zero-order valence-electron chi connectivity index (χ0n) is 14.5. The third-order valence-corrected chi connectivity index (χ3v) is 5.16. The van der Waals surface area contributed by atoms with Gasteiger partial charge in [-0.3, -0.25) is 4.98 Å². The highest BCUT2D eigenvalue weighted by molar-refractivity contribution is 7.13. The van der Waals surface area contributed by atoms with Crippen molar-refractivity contribution in [1.82, 2.24) is 9.97 Å². The van der Waals surface area contributed by atoms with Crippen molar-refractivity contribution in [1.29, 1.82) is 5.26 Å². The summed E-state index contributed by atoms with van der Waals surface area (Å²) in [6, 6.07) is 2.25. The van der Waals surface area contributed by atoms with Gasteiger partial charge in [0.05, 0.1) is 30.6 Å². The maximum atomic E-state index is 10.8.